The minimum absolute atomic E-state index is 0.351. The van der Waals surface area contributed by atoms with Crippen LogP contribution in [0.5, 0.6) is 5.75 Å². The van der Waals surface area contributed by atoms with Crippen LogP contribution in [0.25, 0.3) is 0 Å². The summed E-state index contributed by atoms with van der Waals surface area (Å²) in [4.78, 5) is 0. The average molecular weight is 309 g/mol. The molecule has 0 heterocycles. The smallest absolute Gasteiger partial charge is 0.193 e. The normalized spacial score (nSPS) is 11.8. The van der Waals surface area contributed by atoms with E-state index in [1.54, 1.807) is 12.1 Å². The van der Waals surface area contributed by atoms with Crippen molar-refractivity contribution >= 4 is 8.32 Å². The molecule has 0 aromatic heterocycles. The number of phenolic OH excluding ortho intramolecular Hbond substituents is 1. The van der Waals surface area contributed by atoms with Crippen LogP contribution in [0.3, 0.4) is 0 Å². The van der Waals surface area contributed by atoms with E-state index in [0.717, 1.165) is 13.0 Å². The zero-order chi connectivity index (χ0) is 15.6. The Hall–Kier alpha value is -0.803. The lowest BCUT2D eigenvalue weighted by atomic mass is 10.2. The van der Waals surface area contributed by atoms with Gasteiger partial charge in [-0.3, -0.25) is 0 Å². The van der Waals surface area contributed by atoms with Crippen molar-refractivity contribution in [2.75, 3.05) is 6.61 Å². The molecular weight excluding hydrogens is 276 g/mol. The number of unbranched alkanes of at least 4 members (excludes halogenated alkanes) is 2. The van der Waals surface area contributed by atoms with Crippen molar-refractivity contribution in [2.24, 2.45) is 0 Å². The lowest BCUT2D eigenvalue weighted by Gasteiger charge is -2.31. The fraction of sp³-hybridized carbons (Fsp3) is 0.667. The van der Waals surface area contributed by atoms with Crippen LogP contribution < -0.4 is 0 Å². The highest BCUT2D eigenvalue weighted by Gasteiger charge is 2.32. The second kappa shape index (κ2) is 10.0. The number of aryl methyl sites for hydroxylation is 1. The molecule has 2 nitrogen and oxygen atoms in total. The maximum absolute atomic E-state index is 9.39. The molecule has 0 atom stereocenters. The molecule has 0 bridgehead atoms. The van der Waals surface area contributed by atoms with E-state index < -0.39 is 8.32 Å². The van der Waals surface area contributed by atoms with Gasteiger partial charge in [-0.05, 0) is 49.2 Å². The molecule has 21 heavy (non-hydrogen) atoms. The number of rotatable bonds is 11. The quantitative estimate of drug-likeness (QED) is 0.546. The summed E-state index contributed by atoms with van der Waals surface area (Å²) in [5.41, 5.74) is 1.32. The van der Waals surface area contributed by atoms with Crippen molar-refractivity contribution in [3.63, 3.8) is 0 Å². The van der Waals surface area contributed by atoms with Crippen LogP contribution >= 0.6 is 0 Å². The number of hydrogen-bond donors (Lipinski definition) is 1. The Kier molecular flexibility index (Phi) is 8.70. The maximum Gasteiger partial charge on any atom is 0.193 e. The molecule has 0 saturated carbocycles. The van der Waals surface area contributed by atoms with E-state index in [0.29, 0.717) is 5.75 Å². The minimum atomic E-state index is -1.60. The third-order valence-electron chi connectivity index (χ3n) is 4.23. The molecule has 1 aromatic carbocycles. The van der Waals surface area contributed by atoms with Gasteiger partial charge in [0, 0.05) is 6.61 Å². The molecule has 1 rings (SSSR count). The van der Waals surface area contributed by atoms with Crippen molar-refractivity contribution in [2.45, 2.75) is 71.0 Å². The van der Waals surface area contributed by atoms with Crippen molar-refractivity contribution in [1.29, 1.82) is 0 Å². The number of aromatic hydroxyl groups is 1. The highest BCUT2D eigenvalue weighted by molar-refractivity contribution is 6.73. The van der Waals surface area contributed by atoms with E-state index >= 15 is 0 Å². The van der Waals surface area contributed by atoms with Gasteiger partial charge in [-0.2, -0.15) is 0 Å². The standard InChI is InChI=1S/C18H32O2Si/c1-4-7-14-21(20-6-3,15-8-5-2)16-13-17-9-11-18(19)12-10-17/h9-12,19H,4-8,13-16H2,1-3H3. The monoisotopic (exact) mass is 308 g/mol. The second-order valence-electron chi connectivity index (χ2n) is 5.99. The van der Waals surface area contributed by atoms with Crippen LogP contribution in [0.4, 0.5) is 0 Å². The molecule has 0 spiro atoms. The van der Waals surface area contributed by atoms with Gasteiger partial charge in [0.15, 0.2) is 8.32 Å². The average Bonchev–Trinajstić information content (AvgIpc) is 2.50. The molecule has 1 N–H and O–H groups in total. The molecule has 0 aliphatic carbocycles. The van der Waals surface area contributed by atoms with E-state index in [-0.39, 0.29) is 0 Å². The third kappa shape index (κ3) is 6.66. The molecular formula is C18H32O2Si. The van der Waals surface area contributed by atoms with Gasteiger partial charge < -0.3 is 9.53 Å². The molecule has 3 heteroatoms. The highest BCUT2D eigenvalue weighted by atomic mass is 28.4. The topological polar surface area (TPSA) is 29.5 Å². The largest absolute Gasteiger partial charge is 0.508 e. The van der Waals surface area contributed by atoms with Crippen LogP contribution in [0.1, 0.15) is 52.0 Å². The maximum atomic E-state index is 9.39. The molecule has 0 saturated heterocycles. The lowest BCUT2D eigenvalue weighted by Crippen LogP contribution is -2.38. The summed E-state index contributed by atoms with van der Waals surface area (Å²) in [6.45, 7) is 7.53. The summed E-state index contributed by atoms with van der Waals surface area (Å²) in [5, 5.41) is 9.39. The van der Waals surface area contributed by atoms with Crippen molar-refractivity contribution in [3.8, 4) is 5.75 Å². The van der Waals surface area contributed by atoms with Crippen LogP contribution in [0.15, 0.2) is 24.3 Å². The Morgan fingerprint density at radius 2 is 1.48 bits per heavy atom. The molecule has 0 aliphatic heterocycles. The van der Waals surface area contributed by atoms with Gasteiger partial charge in [0.1, 0.15) is 5.75 Å². The summed E-state index contributed by atoms with van der Waals surface area (Å²) < 4.78 is 6.37. The Bertz CT molecular complexity index is 367. The van der Waals surface area contributed by atoms with Gasteiger partial charge in [0.2, 0.25) is 0 Å². The van der Waals surface area contributed by atoms with E-state index in [1.807, 2.05) is 12.1 Å². The molecule has 0 unspecified atom stereocenters. The molecule has 120 valence electrons. The first-order valence-corrected chi connectivity index (χ1v) is 11.1. The Balaban J connectivity index is 2.70. The SMILES string of the molecule is CCCC[Si](CCCC)(CCc1ccc(O)cc1)OCC. The van der Waals surface area contributed by atoms with E-state index in [9.17, 15) is 5.11 Å². The van der Waals surface area contributed by atoms with Crippen LogP contribution in [-0.4, -0.2) is 20.0 Å². The lowest BCUT2D eigenvalue weighted by molar-refractivity contribution is 0.315. The highest BCUT2D eigenvalue weighted by Crippen LogP contribution is 2.29. The summed E-state index contributed by atoms with van der Waals surface area (Å²) in [6, 6.07) is 11.5. The van der Waals surface area contributed by atoms with E-state index in [1.165, 1.54) is 49.4 Å². The Labute approximate surface area is 131 Å². The van der Waals surface area contributed by atoms with Gasteiger partial charge in [0.05, 0.1) is 0 Å². The predicted octanol–water partition coefficient (Wildman–Crippen LogP) is 5.52. The van der Waals surface area contributed by atoms with Gasteiger partial charge in [-0.25, -0.2) is 0 Å². The third-order valence-corrected chi connectivity index (χ3v) is 8.82. The van der Waals surface area contributed by atoms with Crippen molar-refractivity contribution in [1.82, 2.24) is 0 Å². The fourth-order valence-corrected chi connectivity index (χ4v) is 7.47. The zero-order valence-electron chi connectivity index (χ0n) is 14.0. The van der Waals surface area contributed by atoms with Gasteiger partial charge in [-0.15, -0.1) is 0 Å². The summed E-state index contributed by atoms with van der Waals surface area (Å²) >= 11 is 0. The zero-order valence-corrected chi connectivity index (χ0v) is 15.0. The van der Waals surface area contributed by atoms with Crippen molar-refractivity contribution in [3.05, 3.63) is 29.8 Å². The first-order valence-electron chi connectivity index (χ1n) is 8.57. The molecule has 0 fully saturated rings. The first kappa shape index (κ1) is 18.2. The molecule has 0 amide bonds. The van der Waals surface area contributed by atoms with Gasteiger partial charge in [-0.1, -0.05) is 51.7 Å². The molecule has 0 radical (unpaired) electrons. The fourth-order valence-electron chi connectivity index (χ4n) is 2.93. The Morgan fingerprint density at radius 1 is 0.905 bits per heavy atom. The van der Waals surface area contributed by atoms with E-state index in [2.05, 4.69) is 20.8 Å². The molecule has 1 aromatic rings. The summed E-state index contributed by atoms with van der Waals surface area (Å²) in [5.74, 6) is 0.351. The van der Waals surface area contributed by atoms with Crippen molar-refractivity contribution < 1.29 is 9.53 Å². The van der Waals surface area contributed by atoms with Crippen LogP contribution in [0, 0.1) is 0 Å². The van der Waals surface area contributed by atoms with Crippen LogP contribution in [-0.2, 0) is 10.8 Å². The second-order valence-corrected chi connectivity index (χ2v) is 10.1. The summed E-state index contributed by atoms with van der Waals surface area (Å²) in [7, 11) is -1.60. The molecule has 0 aliphatic rings. The predicted molar refractivity (Wildman–Crippen MR) is 93.4 cm³/mol. The Morgan fingerprint density at radius 3 is 1.95 bits per heavy atom. The summed E-state index contributed by atoms with van der Waals surface area (Å²) in [6.07, 6.45) is 6.19. The van der Waals surface area contributed by atoms with Crippen LogP contribution in [0.2, 0.25) is 18.1 Å². The minimum Gasteiger partial charge on any atom is -0.508 e. The number of phenols is 1. The number of hydrogen-bond acceptors (Lipinski definition) is 2. The first-order chi connectivity index (χ1) is 10.2. The van der Waals surface area contributed by atoms with Gasteiger partial charge >= 0.3 is 0 Å². The number of benzene rings is 1. The van der Waals surface area contributed by atoms with Gasteiger partial charge in [0.25, 0.3) is 0 Å². The van der Waals surface area contributed by atoms with E-state index in [4.69, 9.17) is 4.43 Å².